The molecule has 1 amide bonds. The molecule has 1 aromatic carbocycles. The van der Waals surface area contributed by atoms with Crippen LogP contribution in [0.5, 0.6) is 0 Å². The molecule has 116 valence electrons. The van der Waals surface area contributed by atoms with Gasteiger partial charge in [0.05, 0.1) is 11.5 Å². The number of carbonyl (C=O) groups is 1. The Labute approximate surface area is 128 Å². The van der Waals surface area contributed by atoms with Crippen LogP contribution in [0, 0.1) is 19.8 Å². The zero-order valence-electron chi connectivity index (χ0n) is 14.0. The van der Waals surface area contributed by atoms with E-state index in [2.05, 4.69) is 63.2 Å². The maximum Gasteiger partial charge on any atom is 0.225 e. The van der Waals surface area contributed by atoms with Crippen molar-refractivity contribution in [3.8, 4) is 0 Å². The van der Waals surface area contributed by atoms with E-state index in [1.807, 2.05) is 0 Å². The van der Waals surface area contributed by atoms with Crippen LogP contribution in [-0.4, -0.2) is 30.9 Å². The van der Waals surface area contributed by atoms with Gasteiger partial charge in [-0.1, -0.05) is 18.2 Å². The van der Waals surface area contributed by atoms with Crippen LogP contribution in [0.3, 0.4) is 0 Å². The van der Waals surface area contributed by atoms with Gasteiger partial charge in [-0.05, 0) is 70.8 Å². The summed E-state index contributed by atoms with van der Waals surface area (Å²) in [5, 5.41) is 3.24. The van der Waals surface area contributed by atoms with E-state index in [-0.39, 0.29) is 17.4 Å². The van der Waals surface area contributed by atoms with Gasteiger partial charge in [0, 0.05) is 6.54 Å². The van der Waals surface area contributed by atoms with E-state index in [9.17, 15) is 4.79 Å². The second-order valence-corrected chi connectivity index (χ2v) is 7.01. The van der Waals surface area contributed by atoms with Gasteiger partial charge in [0.2, 0.25) is 5.91 Å². The van der Waals surface area contributed by atoms with Crippen LogP contribution in [0.2, 0.25) is 0 Å². The van der Waals surface area contributed by atoms with Crippen molar-refractivity contribution in [1.82, 2.24) is 10.2 Å². The Bertz CT molecular complexity index is 522. The number of nitrogens with zero attached hydrogens (tertiary/aromatic N) is 1. The SMILES string of the molecule is Cc1ccc(C(C)(C)NC(=O)[C@H]2CCCN(C)C2)cc1C. The molecule has 1 aliphatic rings. The van der Waals surface area contributed by atoms with Crippen molar-refractivity contribution in [2.24, 2.45) is 5.92 Å². The zero-order chi connectivity index (χ0) is 15.6. The predicted molar refractivity (Wildman–Crippen MR) is 87.3 cm³/mol. The fourth-order valence-corrected chi connectivity index (χ4v) is 2.99. The standard InChI is InChI=1S/C18H28N2O/c1-13-8-9-16(11-14(13)2)18(3,4)19-17(21)15-7-6-10-20(5)12-15/h8-9,11,15H,6-7,10,12H2,1-5H3,(H,19,21)/t15-/m0/s1. The lowest BCUT2D eigenvalue weighted by Crippen LogP contribution is -2.48. The highest BCUT2D eigenvalue weighted by atomic mass is 16.2. The highest BCUT2D eigenvalue weighted by molar-refractivity contribution is 5.80. The minimum Gasteiger partial charge on any atom is -0.347 e. The van der Waals surface area contributed by atoms with Gasteiger partial charge in [-0.2, -0.15) is 0 Å². The van der Waals surface area contributed by atoms with Gasteiger partial charge in [0.15, 0.2) is 0 Å². The van der Waals surface area contributed by atoms with E-state index in [4.69, 9.17) is 0 Å². The minimum atomic E-state index is -0.328. The molecule has 1 saturated heterocycles. The topological polar surface area (TPSA) is 32.3 Å². The van der Waals surface area contributed by atoms with Crippen molar-refractivity contribution in [2.45, 2.75) is 46.1 Å². The summed E-state index contributed by atoms with van der Waals surface area (Å²) in [6, 6.07) is 6.44. The maximum atomic E-state index is 12.5. The second-order valence-electron chi connectivity index (χ2n) is 7.01. The molecule has 3 nitrogen and oxygen atoms in total. The molecular weight excluding hydrogens is 260 g/mol. The average Bonchev–Trinajstić information content (AvgIpc) is 2.41. The third-order valence-electron chi connectivity index (χ3n) is 4.66. The molecule has 1 aliphatic heterocycles. The first-order valence-corrected chi connectivity index (χ1v) is 7.88. The first-order chi connectivity index (χ1) is 9.79. The lowest BCUT2D eigenvalue weighted by Gasteiger charge is -2.33. The van der Waals surface area contributed by atoms with Gasteiger partial charge in [-0.15, -0.1) is 0 Å². The fourth-order valence-electron chi connectivity index (χ4n) is 2.99. The third-order valence-corrected chi connectivity index (χ3v) is 4.66. The van der Waals surface area contributed by atoms with Crippen LogP contribution < -0.4 is 5.32 Å². The highest BCUT2D eigenvalue weighted by Crippen LogP contribution is 2.24. The number of amides is 1. The van der Waals surface area contributed by atoms with Crippen LogP contribution in [-0.2, 0) is 10.3 Å². The Morgan fingerprint density at radius 3 is 2.62 bits per heavy atom. The lowest BCUT2D eigenvalue weighted by molar-refractivity contribution is -0.128. The third kappa shape index (κ3) is 3.85. The van der Waals surface area contributed by atoms with Gasteiger partial charge >= 0.3 is 0 Å². The Balaban J connectivity index is 2.08. The molecule has 1 atom stereocenters. The molecule has 1 N–H and O–H groups in total. The van der Waals surface area contributed by atoms with E-state index in [0.717, 1.165) is 25.9 Å². The highest BCUT2D eigenvalue weighted by Gasteiger charge is 2.29. The number of hydrogen-bond donors (Lipinski definition) is 1. The van der Waals surface area contributed by atoms with Crippen molar-refractivity contribution < 1.29 is 4.79 Å². The molecule has 1 fully saturated rings. The van der Waals surface area contributed by atoms with Crippen LogP contribution in [0.4, 0.5) is 0 Å². The molecule has 0 saturated carbocycles. The molecule has 0 spiro atoms. The fraction of sp³-hybridized carbons (Fsp3) is 0.611. The van der Waals surface area contributed by atoms with Crippen molar-refractivity contribution in [3.05, 3.63) is 34.9 Å². The Kier molecular flexibility index (Phi) is 4.72. The number of hydrogen-bond acceptors (Lipinski definition) is 2. The average molecular weight is 288 g/mol. The van der Waals surface area contributed by atoms with Crippen LogP contribution >= 0.6 is 0 Å². The van der Waals surface area contributed by atoms with E-state index < -0.39 is 0 Å². The molecule has 2 rings (SSSR count). The first-order valence-electron chi connectivity index (χ1n) is 7.88. The predicted octanol–water partition coefficient (Wildman–Crippen LogP) is 3.00. The molecule has 1 heterocycles. The van der Waals surface area contributed by atoms with Gasteiger partial charge < -0.3 is 10.2 Å². The molecular formula is C18H28N2O. The minimum absolute atomic E-state index is 0.120. The van der Waals surface area contributed by atoms with Crippen molar-refractivity contribution in [2.75, 3.05) is 20.1 Å². The van der Waals surface area contributed by atoms with Crippen molar-refractivity contribution in [1.29, 1.82) is 0 Å². The Morgan fingerprint density at radius 1 is 1.29 bits per heavy atom. The van der Waals surface area contributed by atoms with Crippen LogP contribution in [0.25, 0.3) is 0 Å². The lowest BCUT2D eigenvalue weighted by atomic mass is 9.89. The summed E-state index contributed by atoms with van der Waals surface area (Å²) < 4.78 is 0. The maximum absolute atomic E-state index is 12.5. The molecule has 0 aliphatic carbocycles. The normalized spacial score (nSPS) is 20.3. The second kappa shape index (κ2) is 6.18. The van der Waals surface area contributed by atoms with Crippen LogP contribution in [0.1, 0.15) is 43.4 Å². The molecule has 21 heavy (non-hydrogen) atoms. The molecule has 3 heteroatoms. The summed E-state index contributed by atoms with van der Waals surface area (Å²) in [6.45, 7) is 10.4. The number of piperidine rings is 1. The summed E-state index contributed by atoms with van der Waals surface area (Å²) in [5.74, 6) is 0.305. The number of aryl methyl sites for hydroxylation is 2. The van der Waals surface area contributed by atoms with Crippen LogP contribution in [0.15, 0.2) is 18.2 Å². The van der Waals surface area contributed by atoms with E-state index in [0.29, 0.717) is 0 Å². The van der Waals surface area contributed by atoms with Gasteiger partial charge in [0.1, 0.15) is 0 Å². The molecule has 0 unspecified atom stereocenters. The smallest absolute Gasteiger partial charge is 0.225 e. The Morgan fingerprint density at radius 2 is 2.00 bits per heavy atom. The van der Waals surface area contributed by atoms with Crippen molar-refractivity contribution in [3.63, 3.8) is 0 Å². The number of rotatable bonds is 3. The van der Waals surface area contributed by atoms with Gasteiger partial charge in [0.25, 0.3) is 0 Å². The summed E-state index contributed by atoms with van der Waals surface area (Å²) >= 11 is 0. The number of carbonyl (C=O) groups excluding carboxylic acids is 1. The largest absolute Gasteiger partial charge is 0.347 e. The van der Waals surface area contributed by atoms with Crippen molar-refractivity contribution >= 4 is 5.91 Å². The van der Waals surface area contributed by atoms with E-state index in [1.54, 1.807) is 0 Å². The molecule has 1 aromatic rings. The number of nitrogens with one attached hydrogen (secondary N) is 1. The summed E-state index contributed by atoms with van der Waals surface area (Å²) in [5.41, 5.74) is 3.40. The number of likely N-dealkylation sites (tertiary alicyclic amines) is 1. The molecule has 0 radical (unpaired) electrons. The Hall–Kier alpha value is -1.35. The summed E-state index contributed by atoms with van der Waals surface area (Å²) in [4.78, 5) is 14.8. The first kappa shape index (κ1) is 16.0. The van der Waals surface area contributed by atoms with E-state index >= 15 is 0 Å². The summed E-state index contributed by atoms with van der Waals surface area (Å²) in [6.07, 6.45) is 2.11. The molecule has 0 aromatic heterocycles. The zero-order valence-corrected chi connectivity index (χ0v) is 14.0. The number of benzene rings is 1. The monoisotopic (exact) mass is 288 g/mol. The quantitative estimate of drug-likeness (QED) is 0.927. The molecule has 0 bridgehead atoms. The van der Waals surface area contributed by atoms with Gasteiger partial charge in [-0.3, -0.25) is 4.79 Å². The van der Waals surface area contributed by atoms with E-state index in [1.165, 1.54) is 16.7 Å². The van der Waals surface area contributed by atoms with Gasteiger partial charge in [-0.25, -0.2) is 0 Å². The summed E-state index contributed by atoms with van der Waals surface area (Å²) in [7, 11) is 2.09.